The molecule has 0 fully saturated rings. The maximum Gasteiger partial charge on any atom is 0.339 e. The third-order valence-electron chi connectivity index (χ3n) is 2.95. The first kappa shape index (κ1) is 18.1. The van der Waals surface area contributed by atoms with E-state index in [0.717, 1.165) is 6.07 Å². The molecule has 0 heterocycles. The third kappa shape index (κ3) is 4.62. The topological polar surface area (TPSA) is 72.5 Å². The lowest BCUT2D eigenvalue weighted by molar-refractivity contribution is -0.119. The molecule has 0 spiro atoms. The van der Waals surface area contributed by atoms with Gasteiger partial charge >= 0.3 is 5.97 Å². The molecule has 126 valence electrons. The van der Waals surface area contributed by atoms with Crippen molar-refractivity contribution in [2.24, 2.45) is 0 Å². The standard InChI is InChI=1S/C16H13ClFNO4S/c1-24(22)14-5-3-2-4-11(14)16(21)23-9-15(20)19-13-8-10(17)6-7-12(13)18/h2-8H,9H2,1H3,(H,19,20)/t24-/m1/s1. The minimum Gasteiger partial charge on any atom is -0.452 e. The highest BCUT2D eigenvalue weighted by atomic mass is 35.5. The Morgan fingerprint density at radius 1 is 1.25 bits per heavy atom. The molecule has 1 N–H and O–H groups in total. The number of amides is 1. The lowest BCUT2D eigenvalue weighted by atomic mass is 10.2. The van der Waals surface area contributed by atoms with Gasteiger partial charge in [0.15, 0.2) is 6.61 Å². The van der Waals surface area contributed by atoms with Crippen LogP contribution >= 0.6 is 11.6 Å². The van der Waals surface area contributed by atoms with Crippen molar-refractivity contribution < 1.29 is 22.9 Å². The van der Waals surface area contributed by atoms with E-state index in [-0.39, 0.29) is 16.3 Å². The van der Waals surface area contributed by atoms with Gasteiger partial charge in [0.1, 0.15) is 5.82 Å². The molecule has 0 aliphatic rings. The number of carbonyl (C=O) groups is 2. The van der Waals surface area contributed by atoms with Gasteiger partial charge in [0.2, 0.25) is 0 Å². The number of benzene rings is 2. The number of nitrogens with one attached hydrogen (secondary N) is 1. The van der Waals surface area contributed by atoms with Gasteiger partial charge in [-0.15, -0.1) is 0 Å². The summed E-state index contributed by atoms with van der Waals surface area (Å²) in [5.74, 6) is -2.17. The molecular weight excluding hydrogens is 357 g/mol. The summed E-state index contributed by atoms with van der Waals surface area (Å²) in [6.07, 6.45) is 1.43. The van der Waals surface area contributed by atoms with Crippen molar-refractivity contribution in [3.05, 3.63) is 58.9 Å². The molecule has 0 aromatic heterocycles. The zero-order valence-corrected chi connectivity index (χ0v) is 14.1. The second kappa shape index (κ2) is 8.03. The quantitative estimate of drug-likeness (QED) is 0.822. The van der Waals surface area contributed by atoms with Crippen LogP contribution in [-0.4, -0.2) is 28.9 Å². The van der Waals surface area contributed by atoms with Crippen LogP contribution in [0, 0.1) is 5.82 Å². The number of hydrogen-bond acceptors (Lipinski definition) is 4. The maximum absolute atomic E-state index is 13.5. The van der Waals surface area contributed by atoms with Crippen LogP contribution in [-0.2, 0) is 20.3 Å². The Morgan fingerprint density at radius 2 is 1.96 bits per heavy atom. The van der Waals surface area contributed by atoms with Crippen LogP contribution in [0.1, 0.15) is 10.4 Å². The minimum absolute atomic E-state index is 0.111. The van der Waals surface area contributed by atoms with E-state index in [1.165, 1.54) is 30.5 Å². The van der Waals surface area contributed by atoms with E-state index in [2.05, 4.69) is 5.32 Å². The normalized spacial score (nSPS) is 11.6. The number of carbonyl (C=O) groups excluding carboxylic acids is 2. The molecule has 2 aromatic rings. The molecule has 0 saturated heterocycles. The minimum atomic E-state index is -1.38. The number of rotatable bonds is 5. The van der Waals surface area contributed by atoms with Crippen molar-refractivity contribution in [1.82, 2.24) is 0 Å². The summed E-state index contributed by atoms with van der Waals surface area (Å²) >= 11 is 5.72. The van der Waals surface area contributed by atoms with E-state index in [0.29, 0.717) is 4.90 Å². The Bertz CT molecular complexity index is 812. The molecule has 24 heavy (non-hydrogen) atoms. The highest BCUT2D eigenvalue weighted by Crippen LogP contribution is 2.19. The van der Waals surface area contributed by atoms with Crippen molar-refractivity contribution in [1.29, 1.82) is 0 Å². The lowest BCUT2D eigenvalue weighted by Crippen LogP contribution is -2.22. The summed E-state index contributed by atoms with van der Waals surface area (Å²) in [5.41, 5.74) is -0.00122. The van der Waals surface area contributed by atoms with Crippen molar-refractivity contribution in [3.63, 3.8) is 0 Å². The van der Waals surface area contributed by atoms with Crippen LogP contribution in [0.2, 0.25) is 5.02 Å². The molecule has 0 unspecified atom stereocenters. The van der Waals surface area contributed by atoms with E-state index in [4.69, 9.17) is 16.3 Å². The summed E-state index contributed by atoms with van der Waals surface area (Å²) in [6, 6.07) is 9.91. The molecule has 0 aliphatic heterocycles. The third-order valence-corrected chi connectivity index (χ3v) is 4.16. The van der Waals surface area contributed by atoms with E-state index < -0.39 is 35.1 Å². The molecule has 2 aromatic carbocycles. The fourth-order valence-electron chi connectivity index (χ4n) is 1.87. The molecule has 0 saturated carbocycles. The molecule has 8 heteroatoms. The number of halogens is 2. The van der Waals surface area contributed by atoms with Gasteiger partial charge in [0.25, 0.3) is 5.91 Å². The average molecular weight is 370 g/mol. The lowest BCUT2D eigenvalue weighted by Gasteiger charge is -2.09. The Hall–Kier alpha value is -2.25. The van der Waals surface area contributed by atoms with Gasteiger partial charge < -0.3 is 10.1 Å². The number of esters is 1. The Labute approximate surface area is 145 Å². The van der Waals surface area contributed by atoms with Crippen LogP contribution in [0.15, 0.2) is 47.4 Å². The number of ether oxygens (including phenoxy) is 1. The summed E-state index contributed by atoms with van der Waals surface area (Å²) in [5, 5.41) is 2.51. The van der Waals surface area contributed by atoms with Gasteiger partial charge in [-0.25, -0.2) is 9.18 Å². The van der Waals surface area contributed by atoms with E-state index in [1.807, 2.05) is 0 Å². The molecule has 5 nitrogen and oxygen atoms in total. The number of hydrogen-bond donors (Lipinski definition) is 1. The Balaban J connectivity index is 2.00. The summed E-state index contributed by atoms with van der Waals surface area (Å²) in [7, 11) is -1.38. The monoisotopic (exact) mass is 369 g/mol. The second-order valence-corrected chi connectivity index (χ2v) is 6.48. The van der Waals surface area contributed by atoms with Crippen LogP contribution in [0.3, 0.4) is 0 Å². The fourth-order valence-corrected chi connectivity index (χ4v) is 2.78. The van der Waals surface area contributed by atoms with E-state index >= 15 is 0 Å². The molecule has 1 atom stereocenters. The van der Waals surface area contributed by atoms with Crippen LogP contribution in [0.5, 0.6) is 0 Å². The predicted molar refractivity (Wildman–Crippen MR) is 89.1 cm³/mol. The maximum atomic E-state index is 13.5. The zero-order chi connectivity index (χ0) is 17.7. The zero-order valence-electron chi connectivity index (χ0n) is 12.5. The number of anilines is 1. The van der Waals surface area contributed by atoms with E-state index in [1.54, 1.807) is 12.1 Å². The van der Waals surface area contributed by atoms with Gasteiger partial charge in [-0.1, -0.05) is 23.7 Å². The summed E-state index contributed by atoms with van der Waals surface area (Å²) < 4.78 is 30.0. The van der Waals surface area contributed by atoms with Crippen molar-refractivity contribution in [3.8, 4) is 0 Å². The summed E-state index contributed by atoms with van der Waals surface area (Å²) in [4.78, 5) is 24.1. The van der Waals surface area contributed by atoms with Crippen LogP contribution in [0.25, 0.3) is 0 Å². The highest BCUT2D eigenvalue weighted by molar-refractivity contribution is 7.84. The van der Waals surface area contributed by atoms with E-state index in [9.17, 15) is 18.2 Å². The smallest absolute Gasteiger partial charge is 0.339 e. The van der Waals surface area contributed by atoms with Gasteiger partial charge in [0, 0.05) is 11.3 Å². The highest BCUT2D eigenvalue weighted by Gasteiger charge is 2.16. The van der Waals surface area contributed by atoms with Crippen molar-refractivity contribution in [2.45, 2.75) is 4.90 Å². The average Bonchev–Trinajstić information content (AvgIpc) is 2.56. The van der Waals surface area contributed by atoms with Crippen LogP contribution in [0.4, 0.5) is 10.1 Å². The van der Waals surface area contributed by atoms with Crippen molar-refractivity contribution >= 4 is 40.0 Å². The Kier molecular flexibility index (Phi) is 6.05. The molecule has 2 rings (SSSR count). The first-order valence-corrected chi connectivity index (χ1v) is 8.66. The van der Waals surface area contributed by atoms with Gasteiger partial charge in [-0.3, -0.25) is 9.00 Å². The molecule has 0 aliphatic carbocycles. The first-order chi connectivity index (χ1) is 11.4. The SMILES string of the molecule is C[S@@](=O)c1ccccc1C(=O)OCC(=O)Nc1cc(Cl)ccc1F. The Morgan fingerprint density at radius 3 is 2.67 bits per heavy atom. The first-order valence-electron chi connectivity index (χ1n) is 6.73. The molecule has 0 bridgehead atoms. The largest absolute Gasteiger partial charge is 0.452 e. The molecule has 1 amide bonds. The molecule has 0 radical (unpaired) electrons. The second-order valence-electron chi connectivity index (χ2n) is 4.70. The van der Waals surface area contributed by atoms with Crippen LogP contribution < -0.4 is 5.32 Å². The summed E-state index contributed by atoms with van der Waals surface area (Å²) in [6.45, 7) is -0.616. The van der Waals surface area contributed by atoms with Gasteiger partial charge in [-0.05, 0) is 30.3 Å². The van der Waals surface area contributed by atoms with Gasteiger partial charge in [-0.2, -0.15) is 0 Å². The fraction of sp³-hybridized carbons (Fsp3) is 0.125. The predicted octanol–water partition coefficient (Wildman–Crippen LogP) is 3.01. The van der Waals surface area contributed by atoms with Gasteiger partial charge in [0.05, 0.1) is 26.9 Å². The molecular formula is C16H13ClFNO4S. The van der Waals surface area contributed by atoms with Crippen molar-refractivity contribution in [2.75, 3.05) is 18.2 Å².